The standard InChI is InChI=1S/C15H24N2O4S/c1-10(2)7-17(6-5-15(19)20)14(18)9-22-8-13-11(3)16-21-12(13)4/h10H,5-9H2,1-4H3,(H,19,20). The Morgan fingerprint density at radius 3 is 2.55 bits per heavy atom. The predicted molar refractivity (Wildman–Crippen MR) is 85.8 cm³/mol. The molecule has 0 aliphatic carbocycles. The summed E-state index contributed by atoms with van der Waals surface area (Å²) in [5.74, 6) is 1.18. The molecule has 6 nitrogen and oxygen atoms in total. The van der Waals surface area contributed by atoms with Gasteiger partial charge in [0.15, 0.2) is 0 Å². The largest absolute Gasteiger partial charge is 0.481 e. The molecule has 0 aliphatic rings. The van der Waals surface area contributed by atoms with Crippen molar-refractivity contribution >= 4 is 23.6 Å². The van der Waals surface area contributed by atoms with Gasteiger partial charge in [-0.3, -0.25) is 9.59 Å². The van der Waals surface area contributed by atoms with Crippen molar-refractivity contribution < 1.29 is 19.2 Å². The van der Waals surface area contributed by atoms with Gasteiger partial charge in [0.05, 0.1) is 17.9 Å². The van der Waals surface area contributed by atoms with Crippen molar-refractivity contribution in [2.75, 3.05) is 18.8 Å². The van der Waals surface area contributed by atoms with E-state index in [4.69, 9.17) is 9.63 Å². The van der Waals surface area contributed by atoms with Crippen LogP contribution in [0.25, 0.3) is 0 Å². The molecule has 0 fully saturated rings. The number of carbonyl (C=O) groups is 2. The molecule has 0 saturated heterocycles. The molecule has 0 aromatic carbocycles. The van der Waals surface area contributed by atoms with Crippen LogP contribution >= 0.6 is 11.8 Å². The molecule has 0 bridgehead atoms. The third-order valence-electron chi connectivity index (χ3n) is 3.19. The highest BCUT2D eigenvalue weighted by atomic mass is 32.2. The van der Waals surface area contributed by atoms with Crippen molar-refractivity contribution in [3.63, 3.8) is 0 Å². The zero-order valence-corrected chi connectivity index (χ0v) is 14.4. The van der Waals surface area contributed by atoms with Crippen LogP contribution < -0.4 is 0 Å². The highest BCUT2D eigenvalue weighted by Gasteiger charge is 2.17. The highest BCUT2D eigenvalue weighted by Crippen LogP contribution is 2.19. The number of amides is 1. The first kappa shape index (κ1) is 18.5. The Morgan fingerprint density at radius 2 is 2.05 bits per heavy atom. The normalized spacial score (nSPS) is 11.0. The molecule has 7 heteroatoms. The monoisotopic (exact) mass is 328 g/mol. The molecule has 1 rings (SSSR count). The quantitative estimate of drug-likeness (QED) is 0.750. The fourth-order valence-electron chi connectivity index (χ4n) is 2.03. The molecule has 124 valence electrons. The number of carboxylic acids is 1. The van der Waals surface area contributed by atoms with Gasteiger partial charge in [0.25, 0.3) is 0 Å². The average molecular weight is 328 g/mol. The first-order valence-electron chi connectivity index (χ1n) is 7.30. The third kappa shape index (κ3) is 6.09. The van der Waals surface area contributed by atoms with E-state index >= 15 is 0 Å². The summed E-state index contributed by atoms with van der Waals surface area (Å²) in [4.78, 5) is 24.6. The molecule has 1 aromatic rings. The molecule has 0 saturated carbocycles. The Hall–Kier alpha value is -1.50. The SMILES string of the molecule is Cc1noc(C)c1CSCC(=O)N(CCC(=O)O)CC(C)C. The minimum atomic E-state index is -0.884. The maximum absolute atomic E-state index is 12.3. The second kappa shape index (κ2) is 8.82. The number of carboxylic acid groups (broad SMARTS) is 1. The van der Waals surface area contributed by atoms with Crippen LogP contribution in [-0.4, -0.2) is 45.9 Å². The Labute approximate surface area is 135 Å². The topological polar surface area (TPSA) is 83.6 Å². The number of aryl methyl sites for hydroxylation is 2. The van der Waals surface area contributed by atoms with Crippen LogP contribution in [0.4, 0.5) is 0 Å². The fraction of sp³-hybridized carbons (Fsp3) is 0.667. The molecule has 0 atom stereocenters. The van der Waals surface area contributed by atoms with Gasteiger partial charge in [-0.1, -0.05) is 19.0 Å². The number of rotatable bonds is 9. The Morgan fingerprint density at radius 1 is 1.36 bits per heavy atom. The zero-order valence-electron chi connectivity index (χ0n) is 13.6. The van der Waals surface area contributed by atoms with Crippen LogP contribution in [0.3, 0.4) is 0 Å². The van der Waals surface area contributed by atoms with Crippen LogP contribution in [0.5, 0.6) is 0 Å². The van der Waals surface area contributed by atoms with Crippen LogP contribution in [0.15, 0.2) is 4.52 Å². The number of aliphatic carboxylic acids is 1. The lowest BCUT2D eigenvalue weighted by molar-refractivity contribution is -0.138. The van der Waals surface area contributed by atoms with Crippen LogP contribution in [0.1, 0.15) is 37.3 Å². The van der Waals surface area contributed by atoms with Gasteiger partial charge < -0.3 is 14.5 Å². The predicted octanol–water partition coefficient (Wildman–Crippen LogP) is 2.48. The van der Waals surface area contributed by atoms with Crippen LogP contribution in [-0.2, 0) is 15.3 Å². The lowest BCUT2D eigenvalue weighted by atomic mass is 10.2. The molecule has 1 amide bonds. The van der Waals surface area contributed by atoms with E-state index < -0.39 is 5.97 Å². The Balaban J connectivity index is 2.50. The van der Waals surface area contributed by atoms with Crippen molar-refractivity contribution in [3.8, 4) is 0 Å². The maximum Gasteiger partial charge on any atom is 0.305 e. The van der Waals surface area contributed by atoms with E-state index in [-0.39, 0.29) is 18.9 Å². The molecule has 1 aromatic heterocycles. The number of carbonyl (C=O) groups excluding carboxylic acids is 1. The van der Waals surface area contributed by atoms with Gasteiger partial charge >= 0.3 is 5.97 Å². The lowest BCUT2D eigenvalue weighted by Crippen LogP contribution is -2.37. The summed E-state index contributed by atoms with van der Waals surface area (Å²) < 4.78 is 5.09. The average Bonchev–Trinajstić information content (AvgIpc) is 2.74. The third-order valence-corrected chi connectivity index (χ3v) is 4.13. The minimum absolute atomic E-state index is 0.0208. The smallest absolute Gasteiger partial charge is 0.305 e. The minimum Gasteiger partial charge on any atom is -0.481 e. The molecule has 0 aliphatic heterocycles. The van der Waals surface area contributed by atoms with Crippen molar-refractivity contribution in [1.29, 1.82) is 0 Å². The Kier molecular flexibility index (Phi) is 7.44. The van der Waals surface area contributed by atoms with Gasteiger partial charge in [0.2, 0.25) is 5.91 Å². The highest BCUT2D eigenvalue weighted by molar-refractivity contribution is 7.99. The van der Waals surface area contributed by atoms with E-state index in [9.17, 15) is 9.59 Å². The number of nitrogens with zero attached hydrogens (tertiary/aromatic N) is 2. The summed E-state index contributed by atoms with van der Waals surface area (Å²) >= 11 is 1.50. The van der Waals surface area contributed by atoms with Gasteiger partial charge in [-0.15, -0.1) is 11.8 Å². The van der Waals surface area contributed by atoms with Crippen LogP contribution in [0, 0.1) is 19.8 Å². The molecule has 1 N–H and O–H groups in total. The lowest BCUT2D eigenvalue weighted by Gasteiger charge is -2.23. The van der Waals surface area contributed by atoms with E-state index in [1.807, 2.05) is 27.7 Å². The number of aromatic nitrogens is 1. The summed E-state index contributed by atoms with van der Waals surface area (Å²) in [5, 5.41) is 12.7. The van der Waals surface area contributed by atoms with Gasteiger partial charge in [0.1, 0.15) is 5.76 Å². The second-order valence-electron chi connectivity index (χ2n) is 5.67. The summed E-state index contributed by atoms with van der Waals surface area (Å²) in [6.07, 6.45) is -0.0208. The molecule has 1 heterocycles. The number of hydrogen-bond acceptors (Lipinski definition) is 5. The number of thioether (sulfide) groups is 1. The van der Waals surface area contributed by atoms with E-state index in [1.54, 1.807) is 4.90 Å². The summed E-state index contributed by atoms with van der Waals surface area (Å²) in [6.45, 7) is 8.61. The van der Waals surface area contributed by atoms with Crippen molar-refractivity contribution in [3.05, 3.63) is 17.0 Å². The van der Waals surface area contributed by atoms with E-state index in [0.29, 0.717) is 24.0 Å². The Bertz CT molecular complexity index is 494. The molecular weight excluding hydrogens is 304 g/mol. The molecule has 0 unspecified atom stereocenters. The van der Waals surface area contributed by atoms with Crippen molar-refractivity contribution in [2.45, 2.75) is 39.9 Å². The zero-order chi connectivity index (χ0) is 16.7. The van der Waals surface area contributed by atoms with Crippen molar-refractivity contribution in [1.82, 2.24) is 10.1 Å². The molecule has 22 heavy (non-hydrogen) atoms. The van der Waals surface area contributed by atoms with E-state index in [2.05, 4.69) is 5.16 Å². The van der Waals surface area contributed by atoms with Gasteiger partial charge in [0, 0.05) is 24.4 Å². The maximum atomic E-state index is 12.3. The van der Waals surface area contributed by atoms with Crippen molar-refractivity contribution in [2.24, 2.45) is 5.92 Å². The first-order valence-corrected chi connectivity index (χ1v) is 8.45. The molecular formula is C15H24N2O4S. The molecule has 0 radical (unpaired) electrons. The summed E-state index contributed by atoms with van der Waals surface area (Å²) in [7, 11) is 0. The second-order valence-corrected chi connectivity index (χ2v) is 6.66. The van der Waals surface area contributed by atoms with E-state index in [1.165, 1.54) is 11.8 Å². The summed E-state index contributed by atoms with van der Waals surface area (Å²) in [5.41, 5.74) is 1.88. The van der Waals surface area contributed by atoms with Gasteiger partial charge in [-0.25, -0.2) is 0 Å². The van der Waals surface area contributed by atoms with Gasteiger partial charge in [-0.05, 0) is 19.8 Å². The molecule has 0 spiro atoms. The summed E-state index contributed by atoms with van der Waals surface area (Å²) in [6, 6.07) is 0. The van der Waals surface area contributed by atoms with Gasteiger partial charge in [-0.2, -0.15) is 0 Å². The van der Waals surface area contributed by atoms with E-state index in [0.717, 1.165) is 17.0 Å². The fourth-order valence-corrected chi connectivity index (χ4v) is 3.10. The number of hydrogen-bond donors (Lipinski definition) is 1. The van der Waals surface area contributed by atoms with Crippen LogP contribution in [0.2, 0.25) is 0 Å². The first-order chi connectivity index (χ1) is 10.3.